The lowest BCUT2D eigenvalue weighted by Gasteiger charge is -2.20. The molecule has 0 spiro atoms. The van der Waals surface area contributed by atoms with Gasteiger partial charge in [-0.05, 0) is 6.07 Å². The third kappa shape index (κ3) is 2.98. The van der Waals surface area contributed by atoms with Gasteiger partial charge in [0.2, 0.25) is 0 Å². The van der Waals surface area contributed by atoms with E-state index in [0.717, 1.165) is 10.4 Å². The summed E-state index contributed by atoms with van der Waals surface area (Å²) in [5.41, 5.74) is 1.01. The SMILES string of the molecule is Cn1nc(C(=O)N(CCBr)CC(F)F)c2ccccc21. The van der Waals surface area contributed by atoms with Crippen molar-refractivity contribution in [3.05, 3.63) is 30.0 Å². The van der Waals surface area contributed by atoms with Crippen molar-refractivity contribution in [1.82, 2.24) is 14.7 Å². The van der Waals surface area contributed by atoms with E-state index in [1.54, 1.807) is 23.9 Å². The summed E-state index contributed by atoms with van der Waals surface area (Å²) in [7, 11) is 1.72. The lowest BCUT2D eigenvalue weighted by molar-refractivity contribution is 0.0568. The van der Waals surface area contributed by atoms with Crippen LogP contribution < -0.4 is 0 Å². The molecule has 2 aromatic rings. The van der Waals surface area contributed by atoms with Crippen LogP contribution in [0.3, 0.4) is 0 Å². The number of aromatic nitrogens is 2. The first kappa shape index (κ1) is 14.9. The maximum atomic E-state index is 12.6. The van der Waals surface area contributed by atoms with E-state index in [-0.39, 0.29) is 12.2 Å². The van der Waals surface area contributed by atoms with Crippen molar-refractivity contribution in [2.75, 3.05) is 18.4 Å². The monoisotopic (exact) mass is 345 g/mol. The number of hydrogen-bond acceptors (Lipinski definition) is 2. The molecule has 1 amide bonds. The number of halogens is 3. The van der Waals surface area contributed by atoms with Crippen LogP contribution >= 0.6 is 15.9 Å². The Morgan fingerprint density at radius 3 is 2.80 bits per heavy atom. The van der Waals surface area contributed by atoms with Crippen LogP contribution in [0.2, 0.25) is 0 Å². The zero-order valence-corrected chi connectivity index (χ0v) is 12.5. The molecule has 108 valence electrons. The molecule has 0 saturated carbocycles. The van der Waals surface area contributed by atoms with E-state index >= 15 is 0 Å². The smallest absolute Gasteiger partial charge is 0.275 e. The van der Waals surface area contributed by atoms with E-state index in [2.05, 4.69) is 21.0 Å². The average molecular weight is 346 g/mol. The Balaban J connectivity index is 2.38. The average Bonchev–Trinajstić information content (AvgIpc) is 2.75. The highest BCUT2D eigenvalue weighted by molar-refractivity contribution is 9.09. The molecule has 4 nitrogen and oxygen atoms in total. The predicted octanol–water partition coefficient (Wildman–Crippen LogP) is 2.68. The van der Waals surface area contributed by atoms with Crippen LogP contribution in [0.5, 0.6) is 0 Å². The number of alkyl halides is 3. The Morgan fingerprint density at radius 2 is 2.15 bits per heavy atom. The normalized spacial score (nSPS) is 11.2. The van der Waals surface area contributed by atoms with Crippen LogP contribution in [0.25, 0.3) is 10.9 Å². The molecule has 0 radical (unpaired) electrons. The van der Waals surface area contributed by atoms with Gasteiger partial charge in [-0.2, -0.15) is 5.10 Å². The minimum absolute atomic E-state index is 0.213. The molecule has 0 atom stereocenters. The van der Waals surface area contributed by atoms with Crippen molar-refractivity contribution in [3.8, 4) is 0 Å². The van der Waals surface area contributed by atoms with Gasteiger partial charge in [0.15, 0.2) is 5.69 Å². The highest BCUT2D eigenvalue weighted by Crippen LogP contribution is 2.19. The van der Waals surface area contributed by atoms with E-state index in [1.807, 2.05) is 12.1 Å². The molecule has 20 heavy (non-hydrogen) atoms. The Hall–Kier alpha value is -1.50. The first-order chi connectivity index (χ1) is 9.54. The fourth-order valence-electron chi connectivity index (χ4n) is 2.07. The van der Waals surface area contributed by atoms with E-state index in [9.17, 15) is 13.6 Å². The van der Waals surface area contributed by atoms with Gasteiger partial charge < -0.3 is 4.90 Å². The third-order valence-corrected chi connectivity index (χ3v) is 3.32. The fourth-order valence-corrected chi connectivity index (χ4v) is 2.49. The highest BCUT2D eigenvalue weighted by Gasteiger charge is 2.23. The van der Waals surface area contributed by atoms with Gasteiger partial charge in [-0.15, -0.1) is 0 Å². The van der Waals surface area contributed by atoms with Crippen molar-refractivity contribution in [2.45, 2.75) is 6.43 Å². The number of carbonyl (C=O) groups excluding carboxylic acids is 1. The number of hydrogen-bond donors (Lipinski definition) is 0. The molecule has 0 aliphatic heterocycles. The summed E-state index contributed by atoms with van der Waals surface area (Å²) in [5.74, 6) is -0.471. The minimum Gasteiger partial charge on any atom is -0.331 e. The van der Waals surface area contributed by atoms with E-state index in [4.69, 9.17) is 0 Å². The second-order valence-electron chi connectivity index (χ2n) is 4.32. The molecule has 0 saturated heterocycles. The molecule has 0 N–H and O–H groups in total. The molecular formula is C13H14BrF2N3O. The van der Waals surface area contributed by atoms with Crippen molar-refractivity contribution in [3.63, 3.8) is 0 Å². The van der Waals surface area contributed by atoms with Gasteiger partial charge in [-0.1, -0.05) is 34.1 Å². The zero-order chi connectivity index (χ0) is 14.7. The molecule has 7 heteroatoms. The standard InChI is InChI=1S/C13H14BrF2N3O/c1-18-10-5-3-2-4-9(10)12(17-18)13(20)19(7-6-14)8-11(15)16/h2-5,11H,6-8H2,1H3. The summed E-state index contributed by atoms with van der Waals surface area (Å²) in [6.07, 6.45) is -2.56. The quantitative estimate of drug-likeness (QED) is 0.781. The first-order valence-corrected chi connectivity index (χ1v) is 7.22. The number of benzene rings is 1. The van der Waals surface area contributed by atoms with Crippen LogP contribution in [0.4, 0.5) is 8.78 Å². The minimum atomic E-state index is -2.56. The lowest BCUT2D eigenvalue weighted by atomic mass is 10.2. The molecule has 1 aromatic carbocycles. The van der Waals surface area contributed by atoms with Crippen LogP contribution in [0.1, 0.15) is 10.5 Å². The van der Waals surface area contributed by atoms with E-state index in [1.165, 1.54) is 0 Å². The Kier molecular flexibility index (Phi) is 4.69. The van der Waals surface area contributed by atoms with Crippen LogP contribution in [0.15, 0.2) is 24.3 Å². The Morgan fingerprint density at radius 1 is 1.45 bits per heavy atom. The predicted molar refractivity (Wildman–Crippen MR) is 76.4 cm³/mol. The summed E-state index contributed by atoms with van der Waals surface area (Å²) in [5, 5.41) is 5.28. The molecule has 0 aliphatic rings. The first-order valence-electron chi connectivity index (χ1n) is 6.09. The summed E-state index contributed by atoms with van der Waals surface area (Å²) in [6.45, 7) is -0.372. The van der Waals surface area contributed by atoms with Crippen LogP contribution in [0, 0.1) is 0 Å². The molecule has 2 rings (SSSR count). The van der Waals surface area contributed by atoms with E-state index in [0.29, 0.717) is 10.7 Å². The molecule has 1 heterocycles. The number of amides is 1. The molecular weight excluding hydrogens is 332 g/mol. The highest BCUT2D eigenvalue weighted by atomic mass is 79.9. The van der Waals surface area contributed by atoms with Crippen molar-refractivity contribution < 1.29 is 13.6 Å². The van der Waals surface area contributed by atoms with Crippen LogP contribution in [-0.4, -0.2) is 45.4 Å². The van der Waals surface area contributed by atoms with Crippen LogP contribution in [-0.2, 0) is 7.05 Å². The van der Waals surface area contributed by atoms with Gasteiger partial charge in [-0.25, -0.2) is 8.78 Å². The van der Waals surface area contributed by atoms with Gasteiger partial charge >= 0.3 is 0 Å². The summed E-state index contributed by atoms with van der Waals surface area (Å²) < 4.78 is 26.7. The Bertz CT molecular complexity index is 615. The second kappa shape index (κ2) is 6.30. The van der Waals surface area contributed by atoms with Crippen molar-refractivity contribution in [1.29, 1.82) is 0 Å². The molecule has 0 aliphatic carbocycles. The number of rotatable bonds is 5. The number of para-hydroxylation sites is 1. The largest absolute Gasteiger partial charge is 0.331 e. The van der Waals surface area contributed by atoms with Gasteiger partial charge in [0.1, 0.15) is 0 Å². The third-order valence-electron chi connectivity index (χ3n) is 2.96. The fraction of sp³-hybridized carbons (Fsp3) is 0.385. The number of nitrogens with zero attached hydrogens (tertiary/aromatic N) is 3. The summed E-state index contributed by atoms with van der Waals surface area (Å²) >= 11 is 3.17. The zero-order valence-electron chi connectivity index (χ0n) is 10.9. The molecule has 0 unspecified atom stereocenters. The maximum absolute atomic E-state index is 12.6. The lowest BCUT2D eigenvalue weighted by Crippen LogP contribution is -2.36. The summed E-state index contributed by atoms with van der Waals surface area (Å²) in [6, 6.07) is 7.24. The van der Waals surface area contributed by atoms with Gasteiger partial charge in [0.05, 0.1) is 12.1 Å². The number of carbonyl (C=O) groups is 1. The van der Waals surface area contributed by atoms with Gasteiger partial charge in [-0.3, -0.25) is 9.48 Å². The van der Waals surface area contributed by atoms with Crippen molar-refractivity contribution in [2.24, 2.45) is 7.05 Å². The van der Waals surface area contributed by atoms with Crippen molar-refractivity contribution >= 4 is 32.7 Å². The van der Waals surface area contributed by atoms with E-state index < -0.39 is 18.9 Å². The summed E-state index contributed by atoms with van der Waals surface area (Å²) in [4.78, 5) is 13.5. The molecule has 0 fully saturated rings. The molecule has 1 aromatic heterocycles. The number of aryl methyl sites for hydroxylation is 1. The number of fused-ring (bicyclic) bond motifs is 1. The Labute approximate surface area is 123 Å². The maximum Gasteiger partial charge on any atom is 0.275 e. The van der Waals surface area contributed by atoms with Gasteiger partial charge in [0.25, 0.3) is 12.3 Å². The topological polar surface area (TPSA) is 38.1 Å². The second-order valence-corrected chi connectivity index (χ2v) is 5.11. The molecule has 0 bridgehead atoms. The van der Waals surface area contributed by atoms with Gasteiger partial charge in [0, 0.05) is 24.3 Å².